The van der Waals surface area contributed by atoms with Gasteiger partial charge in [0.1, 0.15) is 5.75 Å². The van der Waals surface area contributed by atoms with E-state index in [-0.39, 0.29) is 0 Å². The van der Waals surface area contributed by atoms with Gasteiger partial charge in [-0.2, -0.15) is 0 Å². The van der Waals surface area contributed by atoms with Crippen molar-refractivity contribution in [3.05, 3.63) is 56.5 Å². The Morgan fingerprint density at radius 2 is 1.82 bits per heavy atom. The fraction of sp³-hybridized carbons (Fsp3) is 0.278. The molecule has 0 aromatic heterocycles. The van der Waals surface area contributed by atoms with Gasteiger partial charge in [0.2, 0.25) is 0 Å². The summed E-state index contributed by atoms with van der Waals surface area (Å²) in [6.45, 7) is 4.93. The lowest BCUT2D eigenvalue weighted by atomic mass is 10.1. The van der Waals surface area contributed by atoms with Crippen LogP contribution in [0.1, 0.15) is 31.4 Å². The van der Waals surface area contributed by atoms with Crippen LogP contribution in [0, 0.1) is 0 Å². The SMILES string of the molecule is CCCOc1c(Br)cc(Br)cc1C=Nc1ccc(CC)cc1. The molecule has 0 N–H and O–H groups in total. The molecule has 2 aromatic rings. The van der Waals surface area contributed by atoms with Crippen LogP contribution in [0.2, 0.25) is 0 Å². The summed E-state index contributed by atoms with van der Waals surface area (Å²) in [5.74, 6) is 0.832. The van der Waals surface area contributed by atoms with Crippen LogP contribution in [-0.4, -0.2) is 12.8 Å². The van der Waals surface area contributed by atoms with Gasteiger partial charge in [-0.1, -0.05) is 41.9 Å². The predicted octanol–water partition coefficient (Wildman–Crippen LogP) is 6.31. The molecule has 116 valence electrons. The second-order valence-corrected chi connectivity index (χ2v) is 6.70. The van der Waals surface area contributed by atoms with Crippen LogP contribution >= 0.6 is 31.9 Å². The Bertz CT molecular complexity index is 651. The van der Waals surface area contributed by atoms with Crippen molar-refractivity contribution < 1.29 is 4.74 Å². The molecule has 2 nitrogen and oxygen atoms in total. The number of aryl methyl sites for hydroxylation is 1. The summed E-state index contributed by atoms with van der Waals surface area (Å²) in [4.78, 5) is 4.56. The van der Waals surface area contributed by atoms with E-state index < -0.39 is 0 Å². The first-order valence-corrected chi connectivity index (χ1v) is 8.97. The lowest BCUT2D eigenvalue weighted by Gasteiger charge is -2.11. The van der Waals surface area contributed by atoms with Crippen molar-refractivity contribution in [1.29, 1.82) is 0 Å². The Balaban J connectivity index is 2.28. The van der Waals surface area contributed by atoms with E-state index in [0.717, 1.165) is 38.8 Å². The van der Waals surface area contributed by atoms with Crippen molar-refractivity contribution in [2.24, 2.45) is 4.99 Å². The number of halogens is 2. The van der Waals surface area contributed by atoms with E-state index in [1.807, 2.05) is 30.5 Å². The number of nitrogens with zero attached hydrogens (tertiary/aromatic N) is 1. The summed E-state index contributed by atoms with van der Waals surface area (Å²) in [7, 11) is 0. The molecule has 0 spiro atoms. The Morgan fingerprint density at radius 3 is 2.45 bits per heavy atom. The minimum atomic E-state index is 0.687. The minimum absolute atomic E-state index is 0.687. The molecular formula is C18H19Br2NO. The lowest BCUT2D eigenvalue weighted by molar-refractivity contribution is 0.315. The maximum atomic E-state index is 5.84. The Kier molecular flexibility index (Phi) is 6.65. The third-order valence-electron chi connectivity index (χ3n) is 3.18. The van der Waals surface area contributed by atoms with Gasteiger partial charge in [0.05, 0.1) is 16.8 Å². The fourth-order valence-electron chi connectivity index (χ4n) is 1.99. The number of rotatable bonds is 6. The highest BCUT2D eigenvalue weighted by Gasteiger charge is 2.08. The molecule has 22 heavy (non-hydrogen) atoms. The summed E-state index contributed by atoms with van der Waals surface area (Å²) in [6.07, 6.45) is 3.86. The smallest absolute Gasteiger partial charge is 0.142 e. The normalized spacial score (nSPS) is 11.1. The quantitative estimate of drug-likeness (QED) is 0.497. The van der Waals surface area contributed by atoms with Gasteiger partial charge < -0.3 is 4.74 Å². The molecule has 0 aliphatic heterocycles. The van der Waals surface area contributed by atoms with Gasteiger partial charge in [-0.15, -0.1) is 0 Å². The third-order valence-corrected chi connectivity index (χ3v) is 4.23. The van der Waals surface area contributed by atoms with Gasteiger partial charge in [0.15, 0.2) is 0 Å². The maximum absolute atomic E-state index is 5.84. The zero-order chi connectivity index (χ0) is 15.9. The van der Waals surface area contributed by atoms with Gasteiger partial charge in [-0.3, -0.25) is 4.99 Å². The summed E-state index contributed by atoms with van der Waals surface area (Å²) >= 11 is 7.07. The van der Waals surface area contributed by atoms with Crippen molar-refractivity contribution in [3.8, 4) is 5.75 Å². The van der Waals surface area contributed by atoms with Crippen molar-refractivity contribution >= 4 is 43.8 Å². The summed E-state index contributed by atoms with van der Waals surface area (Å²) in [5, 5.41) is 0. The highest BCUT2D eigenvalue weighted by Crippen LogP contribution is 2.32. The molecule has 0 saturated heterocycles. The van der Waals surface area contributed by atoms with Gasteiger partial charge >= 0.3 is 0 Å². The molecule has 4 heteroatoms. The second kappa shape index (κ2) is 8.49. The Hall–Kier alpha value is -1.13. The van der Waals surface area contributed by atoms with Crippen LogP contribution in [0.25, 0.3) is 0 Å². The maximum Gasteiger partial charge on any atom is 0.142 e. The van der Waals surface area contributed by atoms with Crippen LogP contribution in [0.5, 0.6) is 5.75 Å². The summed E-state index contributed by atoms with van der Waals surface area (Å²) in [6, 6.07) is 12.3. The fourth-order valence-corrected chi connectivity index (χ4v) is 3.37. The van der Waals surface area contributed by atoms with Crippen molar-refractivity contribution in [3.63, 3.8) is 0 Å². The topological polar surface area (TPSA) is 21.6 Å². The van der Waals surface area contributed by atoms with E-state index in [0.29, 0.717) is 6.61 Å². The lowest BCUT2D eigenvalue weighted by Crippen LogP contribution is -1.99. The van der Waals surface area contributed by atoms with Crippen LogP contribution < -0.4 is 4.74 Å². The first kappa shape index (κ1) is 17.2. The number of hydrogen-bond donors (Lipinski definition) is 0. The second-order valence-electron chi connectivity index (χ2n) is 4.93. The molecule has 0 radical (unpaired) electrons. The molecule has 0 aliphatic rings. The predicted molar refractivity (Wildman–Crippen MR) is 101 cm³/mol. The van der Waals surface area contributed by atoms with Crippen molar-refractivity contribution in [1.82, 2.24) is 0 Å². The van der Waals surface area contributed by atoms with Crippen LogP contribution in [0.15, 0.2) is 50.3 Å². The number of benzene rings is 2. The van der Waals surface area contributed by atoms with Crippen LogP contribution in [0.3, 0.4) is 0 Å². The number of aliphatic imine (C=N–C) groups is 1. The number of hydrogen-bond acceptors (Lipinski definition) is 2. The number of ether oxygens (including phenoxy) is 1. The van der Waals surface area contributed by atoms with E-state index in [9.17, 15) is 0 Å². The van der Waals surface area contributed by atoms with E-state index in [1.165, 1.54) is 5.56 Å². The third kappa shape index (κ3) is 4.68. The molecule has 0 atom stereocenters. The van der Waals surface area contributed by atoms with Crippen LogP contribution in [-0.2, 0) is 6.42 Å². The molecule has 0 amide bonds. The van der Waals surface area contributed by atoms with Gasteiger partial charge in [-0.25, -0.2) is 0 Å². The molecule has 0 saturated carbocycles. The molecule has 2 rings (SSSR count). The minimum Gasteiger partial charge on any atom is -0.492 e. The Labute approximate surface area is 148 Å². The highest BCUT2D eigenvalue weighted by atomic mass is 79.9. The molecule has 2 aromatic carbocycles. The molecule has 0 unspecified atom stereocenters. The van der Waals surface area contributed by atoms with Gasteiger partial charge in [0.25, 0.3) is 0 Å². The average Bonchev–Trinajstić information content (AvgIpc) is 2.52. The molecule has 0 aliphatic carbocycles. The zero-order valence-corrected chi connectivity index (χ0v) is 15.9. The van der Waals surface area contributed by atoms with E-state index >= 15 is 0 Å². The van der Waals surface area contributed by atoms with Crippen molar-refractivity contribution in [2.45, 2.75) is 26.7 Å². The first-order valence-electron chi connectivity index (χ1n) is 7.39. The Morgan fingerprint density at radius 1 is 1.09 bits per heavy atom. The van der Waals surface area contributed by atoms with Crippen LogP contribution in [0.4, 0.5) is 5.69 Å². The zero-order valence-electron chi connectivity index (χ0n) is 12.8. The molecule has 0 heterocycles. The standard InChI is InChI=1S/C18H19Br2NO/c1-3-9-22-18-14(10-15(19)11-17(18)20)12-21-16-7-5-13(4-2)6-8-16/h5-8,10-12H,3-4,9H2,1-2H3. The van der Waals surface area contributed by atoms with Gasteiger partial charge in [0, 0.05) is 16.3 Å². The van der Waals surface area contributed by atoms with Gasteiger partial charge in [-0.05, 0) is 58.6 Å². The summed E-state index contributed by atoms with van der Waals surface area (Å²) < 4.78 is 7.76. The molecule has 0 fully saturated rings. The van der Waals surface area contributed by atoms with E-state index in [4.69, 9.17) is 4.74 Å². The van der Waals surface area contributed by atoms with E-state index in [1.54, 1.807) is 0 Å². The highest BCUT2D eigenvalue weighted by molar-refractivity contribution is 9.11. The molecular weight excluding hydrogens is 406 g/mol. The van der Waals surface area contributed by atoms with Crippen molar-refractivity contribution in [2.75, 3.05) is 6.61 Å². The average molecular weight is 425 g/mol. The van der Waals surface area contributed by atoms with E-state index in [2.05, 4.69) is 62.8 Å². The summed E-state index contributed by atoms with van der Waals surface area (Å²) in [5.41, 5.74) is 3.21. The monoisotopic (exact) mass is 423 g/mol. The largest absolute Gasteiger partial charge is 0.492 e. The first-order chi connectivity index (χ1) is 10.6. The molecule has 0 bridgehead atoms.